The Bertz CT molecular complexity index is 854. The van der Waals surface area contributed by atoms with Crippen LogP contribution in [0, 0.1) is 5.82 Å². The van der Waals surface area contributed by atoms with E-state index in [1.807, 2.05) is 60.7 Å². The molecule has 5 nitrogen and oxygen atoms in total. The SMILES string of the molecule is O=S(=O)(c1[nH]ncc1F)N(Cc1ccccc1)Cc1ccccc1. The molecule has 0 bridgehead atoms. The van der Waals surface area contributed by atoms with Crippen molar-refractivity contribution in [3.63, 3.8) is 0 Å². The molecule has 124 valence electrons. The Hall–Kier alpha value is -2.51. The van der Waals surface area contributed by atoms with Gasteiger partial charge in [0, 0.05) is 13.1 Å². The first kappa shape index (κ1) is 16.4. The lowest BCUT2D eigenvalue weighted by molar-refractivity contribution is 0.395. The third-order valence-corrected chi connectivity index (χ3v) is 5.30. The fraction of sp³-hybridized carbons (Fsp3) is 0.118. The van der Waals surface area contributed by atoms with E-state index in [-0.39, 0.29) is 13.1 Å². The maximum absolute atomic E-state index is 13.8. The van der Waals surface area contributed by atoms with E-state index in [1.54, 1.807) is 0 Å². The number of halogens is 1. The average Bonchev–Trinajstić information content (AvgIpc) is 3.03. The summed E-state index contributed by atoms with van der Waals surface area (Å²) in [4.78, 5) is 0. The molecule has 3 aromatic rings. The minimum Gasteiger partial charge on any atom is -0.264 e. The Balaban J connectivity index is 1.96. The van der Waals surface area contributed by atoms with E-state index in [1.165, 1.54) is 4.31 Å². The van der Waals surface area contributed by atoms with Crippen molar-refractivity contribution in [2.75, 3.05) is 0 Å². The molecule has 1 N–H and O–H groups in total. The van der Waals surface area contributed by atoms with Crippen LogP contribution in [0.1, 0.15) is 11.1 Å². The molecule has 0 fully saturated rings. The second-order valence-corrected chi connectivity index (χ2v) is 7.17. The predicted molar refractivity (Wildman–Crippen MR) is 87.9 cm³/mol. The van der Waals surface area contributed by atoms with Gasteiger partial charge in [0.25, 0.3) is 10.0 Å². The Labute approximate surface area is 139 Å². The molecule has 0 saturated carbocycles. The first-order chi connectivity index (χ1) is 11.6. The van der Waals surface area contributed by atoms with Crippen molar-refractivity contribution in [1.29, 1.82) is 0 Å². The molecule has 0 amide bonds. The number of hydrogen-bond acceptors (Lipinski definition) is 3. The van der Waals surface area contributed by atoms with Gasteiger partial charge in [-0.3, -0.25) is 5.10 Å². The number of aromatic amines is 1. The Morgan fingerprint density at radius 2 is 1.42 bits per heavy atom. The number of H-pyrrole nitrogens is 1. The molecule has 0 aliphatic carbocycles. The van der Waals surface area contributed by atoms with Gasteiger partial charge < -0.3 is 0 Å². The molecular weight excluding hydrogens is 329 g/mol. The highest BCUT2D eigenvalue weighted by Gasteiger charge is 2.29. The van der Waals surface area contributed by atoms with Crippen LogP contribution >= 0.6 is 0 Å². The minimum absolute atomic E-state index is 0.135. The van der Waals surface area contributed by atoms with Gasteiger partial charge in [0.2, 0.25) is 5.03 Å². The van der Waals surface area contributed by atoms with E-state index in [0.29, 0.717) is 0 Å². The average molecular weight is 345 g/mol. The maximum Gasteiger partial charge on any atom is 0.263 e. The van der Waals surface area contributed by atoms with Gasteiger partial charge in [-0.1, -0.05) is 60.7 Å². The lowest BCUT2D eigenvalue weighted by Gasteiger charge is -2.21. The maximum atomic E-state index is 13.8. The van der Waals surface area contributed by atoms with Crippen LogP contribution in [-0.4, -0.2) is 22.9 Å². The number of nitrogens with one attached hydrogen (secondary N) is 1. The number of sulfonamides is 1. The monoisotopic (exact) mass is 345 g/mol. The first-order valence-corrected chi connectivity index (χ1v) is 8.78. The molecule has 0 aliphatic heterocycles. The van der Waals surface area contributed by atoms with Crippen LogP contribution in [-0.2, 0) is 23.1 Å². The topological polar surface area (TPSA) is 66.1 Å². The molecule has 24 heavy (non-hydrogen) atoms. The molecule has 0 spiro atoms. The van der Waals surface area contributed by atoms with Crippen LogP contribution in [0.2, 0.25) is 0 Å². The third kappa shape index (κ3) is 3.52. The van der Waals surface area contributed by atoms with E-state index >= 15 is 0 Å². The molecule has 0 saturated heterocycles. The summed E-state index contributed by atoms with van der Waals surface area (Å²) in [6.45, 7) is 0.271. The summed E-state index contributed by atoms with van der Waals surface area (Å²) >= 11 is 0. The van der Waals surface area contributed by atoms with E-state index in [9.17, 15) is 12.8 Å². The van der Waals surface area contributed by atoms with Crippen LogP contribution in [0.4, 0.5) is 4.39 Å². The molecule has 0 unspecified atom stereocenters. The number of rotatable bonds is 6. The van der Waals surface area contributed by atoms with E-state index in [2.05, 4.69) is 10.2 Å². The number of hydrogen-bond donors (Lipinski definition) is 1. The van der Waals surface area contributed by atoms with Gasteiger partial charge in [-0.15, -0.1) is 0 Å². The fourth-order valence-corrected chi connectivity index (χ4v) is 3.73. The second-order valence-electron chi connectivity index (χ2n) is 5.29. The van der Waals surface area contributed by atoms with Gasteiger partial charge in [0.1, 0.15) is 0 Å². The highest BCUT2D eigenvalue weighted by molar-refractivity contribution is 7.89. The summed E-state index contributed by atoms with van der Waals surface area (Å²) in [5.74, 6) is -0.888. The van der Waals surface area contributed by atoms with E-state index in [4.69, 9.17) is 0 Å². The van der Waals surface area contributed by atoms with Crippen LogP contribution in [0.15, 0.2) is 71.9 Å². The molecule has 2 aromatic carbocycles. The number of nitrogens with zero attached hydrogens (tertiary/aromatic N) is 2. The first-order valence-electron chi connectivity index (χ1n) is 7.34. The molecule has 7 heteroatoms. The lowest BCUT2D eigenvalue weighted by Crippen LogP contribution is -2.31. The van der Waals surface area contributed by atoms with E-state index < -0.39 is 20.9 Å². The quantitative estimate of drug-likeness (QED) is 0.747. The number of aromatic nitrogens is 2. The Morgan fingerprint density at radius 1 is 0.917 bits per heavy atom. The van der Waals surface area contributed by atoms with Gasteiger partial charge in [0.05, 0.1) is 6.20 Å². The van der Waals surface area contributed by atoms with E-state index in [0.717, 1.165) is 17.3 Å². The highest BCUT2D eigenvalue weighted by Crippen LogP contribution is 2.21. The van der Waals surface area contributed by atoms with Crippen molar-refractivity contribution < 1.29 is 12.8 Å². The van der Waals surface area contributed by atoms with Crippen LogP contribution in [0.5, 0.6) is 0 Å². The third-order valence-electron chi connectivity index (χ3n) is 3.56. The zero-order valence-electron chi connectivity index (χ0n) is 12.8. The fourth-order valence-electron chi connectivity index (χ4n) is 2.37. The van der Waals surface area contributed by atoms with Crippen molar-refractivity contribution in [3.05, 3.63) is 83.8 Å². The van der Waals surface area contributed by atoms with Gasteiger partial charge in [-0.2, -0.15) is 9.40 Å². The summed E-state index contributed by atoms with van der Waals surface area (Å²) < 4.78 is 40.7. The van der Waals surface area contributed by atoms with Crippen molar-refractivity contribution in [1.82, 2.24) is 14.5 Å². The standard InChI is InChI=1S/C17H16FN3O2S/c18-16-11-19-20-17(16)24(22,23)21(12-14-7-3-1-4-8-14)13-15-9-5-2-6-10-15/h1-11H,12-13H2,(H,19,20). The van der Waals surface area contributed by atoms with Gasteiger partial charge in [-0.25, -0.2) is 12.8 Å². The summed E-state index contributed by atoms with van der Waals surface area (Å²) in [6, 6.07) is 18.4. The Morgan fingerprint density at radius 3 is 1.83 bits per heavy atom. The summed E-state index contributed by atoms with van der Waals surface area (Å²) in [6.07, 6.45) is 0.857. The summed E-state index contributed by atoms with van der Waals surface area (Å²) in [5.41, 5.74) is 1.63. The molecule has 1 aromatic heterocycles. The Kier molecular flexibility index (Phi) is 4.73. The molecule has 0 atom stereocenters. The lowest BCUT2D eigenvalue weighted by atomic mass is 10.2. The zero-order valence-corrected chi connectivity index (χ0v) is 13.6. The van der Waals surface area contributed by atoms with Crippen molar-refractivity contribution in [3.8, 4) is 0 Å². The van der Waals surface area contributed by atoms with Crippen LogP contribution in [0.25, 0.3) is 0 Å². The molecule has 0 radical (unpaired) electrons. The second kappa shape index (κ2) is 6.94. The van der Waals surface area contributed by atoms with Gasteiger partial charge in [0.15, 0.2) is 5.82 Å². The summed E-state index contributed by atoms with van der Waals surface area (Å²) in [7, 11) is -4.04. The zero-order chi connectivity index (χ0) is 17.0. The molecule has 1 heterocycles. The van der Waals surface area contributed by atoms with Gasteiger partial charge >= 0.3 is 0 Å². The van der Waals surface area contributed by atoms with Crippen molar-refractivity contribution in [2.45, 2.75) is 18.1 Å². The predicted octanol–water partition coefficient (Wildman–Crippen LogP) is 2.94. The number of benzene rings is 2. The minimum atomic E-state index is -4.04. The van der Waals surface area contributed by atoms with Gasteiger partial charge in [-0.05, 0) is 11.1 Å². The van der Waals surface area contributed by atoms with Crippen LogP contribution < -0.4 is 0 Å². The van der Waals surface area contributed by atoms with Crippen LogP contribution in [0.3, 0.4) is 0 Å². The smallest absolute Gasteiger partial charge is 0.263 e. The van der Waals surface area contributed by atoms with Crippen molar-refractivity contribution >= 4 is 10.0 Å². The largest absolute Gasteiger partial charge is 0.264 e. The molecular formula is C17H16FN3O2S. The molecule has 0 aliphatic rings. The summed E-state index contributed by atoms with van der Waals surface area (Å²) in [5, 5.41) is 5.20. The van der Waals surface area contributed by atoms with Crippen molar-refractivity contribution in [2.24, 2.45) is 0 Å². The highest BCUT2D eigenvalue weighted by atomic mass is 32.2. The molecule has 3 rings (SSSR count). The normalized spacial score (nSPS) is 11.8.